The van der Waals surface area contributed by atoms with Gasteiger partial charge in [0.25, 0.3) is 5.91 Å². The minimum absolute atomic E-state index is 0.0598. The van der Waals surface area contributed by atoms with E-state index in [4.69, 9.17) is 13.9 Å². The summed E-state index contributed by atoms with van der Waals surface area (Å²) in [5, 5.41) is 2.65. The van der Waals surface area contributed by atoms with Crippen LogP contribution in [-0.2, 0) is 9.84 Å². The van der Waals surface area contributed by atoms with Crippen molar-refractivity contribution in [2.45, 2.75) is 35.3 Å². The summed E-state index contributed by atoms with van der Waals surface area (Å²) >= 11 is 3.29. The molecule has 1 aromatic heterocycles. The third kappa shape index (κ3) is 5.77. The fourth-order valence-electron chi connectivity index (χ4n) is 4.34. The lowest BCUT2D eigenvalue weighted by molar-refractivity contribution is 0.0892. The van der Waals surface area contributed by atoms with Crippen LogP contribution in [0.1, 0.15) is 41.4 Å². The summed E-state index contributed by atoms with van der Waals surface area (Å²) in [6.07, 6.45) is 3.36. The van der Waals surface area contributed by atoms with E-state index in [1.54, 1.807) is 26.4 Å². The molecule has 1 amide bonds. The summed E-state index contributed by atoms with van der Waals surface area (Å²) in [7, 11) is -0.691. The van der Waals surface area contributed by atoms with Crippen LogP contribution in [0.3, 0.4) is 0 Å². The second-order valence-corrected chi connectivity index (χ2v) is 11.3. The second-order valence-electron chi connectivity index (χ2n) is 8.51. The van der Waals surface area contributed by atoms with Gasteiger partial charge in [0, 0.05) is 11.0 Å². The van der Waals surface area contributed by atoms with Crippen molar-refractivity contribution in [1.82, 2.24) is 10.2 Å². The van der Waals surface area contributed by atoms with Crippen LogP contribution >= 0.6 is 15.9 Å². The lowest BCUT2D eigenvalue weighted by Gasteiger charge is -2.35. The molecule has 1 aliphatic rings. The highest BCUT2D eigenvalue weighted by Gasteiger charge is 2.26. The number of hydrogen-bond donors (Lipinski definition) is 1. The molecule has 10 heteroatoms. The summed E-state index contributed by atoms with van der Waals surface area (Å²) in [5.41, 5.74) is 0.993. The van der Waals surface area contributed by atoms with Gasteiger partial charge < -0.3 is 19.2 Å². The van der Waals surface area contributed by atoms with Gasteiger partial charge in [-0.25, -0.2) is 8.42 Å². The maximum Gasteiger partial charge on any atom is 0.287 e. The molecule has 8 nitrogen and oxygen atoms in total. The van der Waals surface area contributed by atoms with E-state index in [2.05, 4.69) is 26.1 Å². The lowest BCUT2D eigenvalue weighted by Crippen LogP contribution is -2.40. The maximum atomic E-state index is 12.9. The van der Waals surface area contributed by atoms with Gasteiger partial charge in [-0.15, -0.1) is 0 Å². The minimum atomic E-state index is -3.88. The van der Waals surface area contributed by atoms with Crippen LogP contribution in [0.5, 0.6) is 11.5 Å². The highest BCUT2D eigenvalue weighted by atomic mass is 79.9. The van der Waals surface area contributed by atoms with Crippen molar-refractivity contribution in [3.8, 4) is 11.5 Å². The normalized spacial score (nSPS) is 15.3. The number of furan rings is 1. The van der Waals surface area contributed by atoms with E-state index in [0.717, 1.165) is 36.0 Å². The Labute approximate surface area is 219 Å². The third-order valence-electron chi connectivity index (χ3n) is 6.27. The first-order valence-electron chi connectivity index (χ1n) is 11.7. The van der Waals surface area contributed by atoms with Gasteiger partial charge in [-0.2, -0.15) is 0 Å². The van der Waals surface area contributed by atoms with E-state index in [9.17, 15) is 13.2 Å². The summed E-state index contributed by atoms with van der Waals surface area (Å²) in [6.45, 7) is 2.17. The molecule has 0 aliphatic carbocycles. The Morgan fingerprint density at radius 1 is 1.00 bits per heavy atom. The predicted octanol–water partition coefficient (Wildman–Crippen LogP) is 4.85. The first-order valence-corrected chi connectivity index (χ1v) is 14.0. The highest BCUT2D eigenvalue weighted by molar-refractivity contribution is 9.10. The minimum Gasteiger partial charge on any atom is -0.493 e. The zero-order valence-electron chi connectivity index (χ0n) is 20.2. The van der Waals surface area contributed by atoms with Crippen molar-refractivity contribution >= 4 is 31.7 Å². The average molecular weight is 577 g/mol. The SMILES string of the molecule is COc1ccc(C(CNC(=O)c2ccc(S(=O)(=O)c3ccc(Br)cc3)o2)N2CCCCC2)cc1OC. The quantitative estimate of drug-likeness (QED) is 0.389. The number of nitrogens with one attached hydrogen (secondary N) is 1. The van der Waals surface area contributed by atoms with E-state index in [1.165, 1.54) is 30.7 Å². The fraction of sp³-hybridized carbons (Fsp3) is 0.346. The van der Waals surface area contributed by atoms with Gasteiger partial charge in [-0.3, -0.25) is 9.69 Å². The number of carbonyl (C=O) groups is 1. The van der Waals surface area contributed by atoms with Crippen LogP contribution in [0.2, 0.25) is 0 Å². The number of piperidine rings is 1. The molecule has 1 fully saturated rings. The summed E-state index contributed by atoms with van der Waals surface area (Å²) < 4.78 is 42.9. The Kier molecular flexibility index (Phi) is 8.38. The smallest absolute Gasteiger partial charge is 0.287 e. The number of carbonyl (C=O) groups excluding carboxylic acids is 1. The molecule has 0 bridgehead atoms. The van der Waals surface area contributed by atoms with E-state index >= 15 is 0 Å². The number of benzene rings is 2. The van der Waals surface area contributed by atoms with E-state index in [1.807, 2.05) is 18.2 Å². The molecule has 0 spiro atoms. The molecule has 0 saturated carbocycles. The largest absolute Gasteiger partial charge is 0.493 e. The molecule has 1 atom stereocenters. The summed E-state index contributed by atoms with van der Waals surface area (Å²) in [5.74, 6) is 0.722. The first kappa shape index (κ1) is 26.2. The first-order chi connectivity index (χ1) is 17.3. The summed E-state index contributed by atoms with van der Waals surface area (Å²) in [6, 6.07) is 14.6. The molecule has 1 N–H and O–H groups in total. The number of rotatable bonds is 9. The van der Waals surface area contributed by atoms with Gasteiger partial charge in [-0.05, 0) is 80.0 Å². The Hall–Kier alpha value is -2.82. The van der Waals surface area contributed by atoms with Crippen molar-refractivity contribution in [3.63, 3.8) is 0 Å². The Balaban J connectivity index is 1.52. The van der Waals surface area contributed by atoms with Gasteiger partial charge in [0.2, 0.25) is 14.9 Å². The zero-order valence-corrected chi connectivity index (χ0v) is 22.6. The number of halogens is 1. The molecule has 36 heavy (non-hydrogen) atoms. The van der Waals surface area contributed by atoms with E-state index < -0.39 is 15.7 Å². The standard InChI is InChI=1S/C26H29BrN2O6S/c1-33-22-11-6-18(16-24(22)34-2)21(29-14-4-3-5-15-29)17-28-26(30)23-12-13-25(35-23)36(31,32)20-9-7-19(27)8-10-20/h6-13,16,21H,3-5,14-15,17H2,1-2H3,(H,28,30). The average Bonchev–Trinajstić information content (AvgIpc) is 3.41. The molecular weight excluding hydrogens is 548 g/mol. The number of likely N-dealkylation sites (tertiary alicyclic amines) is 1. The van der Waals surface area contributed by atoms with Crippen LogP contribution in [0.15, 0.2) is 73.5 Å². The number of hydrogen-bond acceptors (Lipinski definition) is 7. The number of sulfone groups is 1. The molecule has 2 aromatic carbocycles. The van der Waals surface area contributed by atoms with Crippen LogP contribution in [-0.4, -0.2) is 53.1 Å². The Morgan fingerprint density at radius 3 is 2.36 bits per heavy atom. The molecule has 192 valence electrons. The number of amides is 1. The second kappa shape index (κ2) is 11.5. The van der Waals surface area contributed by atoms with E-state index in [-0.39, 0.29) is 21.8 Å². The van der Waals surface area contributed by atoms with Crippen molar-refractivity contribution in [2.24, 2.45) is 0 Å². The lowest BCUT2D eigenvalue weighted by atomic mass is 10.0. The van der Waals surface area contributed by atoms with Crippen LogP contribution < -0.4 is 14.8 Å². The third-order valence-corrected chi connectivity index (χ3v) is 8.44. The van der Waals surface area contributed by atoms with Crippen molar-refractivity contribution in [3.05, 3.63) is 70.4 Å². The molecule has 1 unspecified atom stereocenters. The number of ether oxygens (including phenoxy) is 2. The fourth-order valence-corrected chi connectivity index (χ4v) is 5.78. The van der Waals surface area contributed by atoms with Gasteiger partial charge in [0.15, 0.2) is 17.3 Å². The Morgan fingerprint density at radius 2 is 1.69 bits per heavy atom. The van der Waals surface area contributed by atoms with Crippen LogP contribution in [0, 0.1) is 0 Å². The van der Waals surface area contributed by atoms with Crippen LogP contribution in [0.25, 0.3) is 0 Å². The molecule has 1 saturated heterocycles. The topological polar surface area (TPSA) is 98.1 Å². The molecule has 0 radical (unpaired) electrons. The predicted molar refractivity (Wildman–Crippen MR) is 138 cm³/mol. The monoisotopic (exact) mass is 576 g/mol. The molecule has 4 rings (SSSR count). The molecule has 3 aromatic rings. The van der Waals surface area contributed by atoms with Gasteiger partial charge in [0.1, 0.15) is 0 Å². The van der Waals surface area contributed by atoms with Gasteiger partial charge >= 0.3 is 0 Å². The Bertz CT molecular complexity index is 1300. The molecular formula is C26H29BrN2O6S. The van der Waals surface area contributed by atoms with Gasteiger partial charge in [0.05, 0.1) is 25.2 Å². The van der Waals surface area contributed by atoms with E-state index in [0.29, 0.717) is 18.0 Å². The molecule has 1 aliphatic heterocycles. The zero-order chi connectivity index (χ0) is 25.7. The highest BCUT2D eigenvalue weighted by Crippen LogP contribution is 2.33. The summed E-state index contributed by atoms with van der Waals surface area (Å²) in [4.78, 5) is 15.4. The van der Waals surface area contributed by atoms with Crippen molar-refractivity contribution in [1.29, 1.82) is 0 Å². The van der Waals surface area contributed by atoms with Crippen molar-refractivity contribution in [2.75, 3.05) is 33.9 Å². The number of methoxy groups -OCH3 is 2. The maximum absolute atomic E-state index is 12.9. The number of nitrogens with zero attached hydrogens (tertiary/aromatic N) is 1. The van der Waals surface area contributed by atoms with Gasteiger partial charge in [-0.1, -0.05) is 28.4 Å². The van der Waals surface area contributed by atoms with Crippen LogP contribution in [0.4, 0.5) is 0 Å². The van der Waals surface area contributed by atoms with Crippen molar-refractivity contribution < 1.29 is 27.1 Å². The molecule has 2 heterocycles.